The number of allylic oxidation sites excluding steroid dienone is 5. The molecule has 5 aliphatic rings. The molecule has 2 unspecified atom stereocenters. The Morgan fingerprint density at radius 2 is 1.30 bits per heavy atom. The number of hydrogen-bond donors (Lipinski definition) is 1. The van der Waals surface area contributed by atoms with Crippen molar-refractivity contribution in [2.75, 3.05) is 0 Å². The molecule has 1 aliphatic heterocycles. The van der Waals surface area contributed by atoms with Crippen LogP contribution < -0.4 is 5.32 Å². The van der Waals surface area contributed by atoms with E-state index in [2.05, 4.69) is 183 Å². The molecule has 1 N–H and O–H groups in total. The van der Waals surface area contributed by atoms with Gasteiger partial charge in [-0.2, -0.15) is 0 Å². The van der Waals surface area contributed by atoms with E-state index < -0.39 is 0 Å². The number of fused-ring (bicyclic) bond motifs is 8. The Hall–Kier alpha value is -5.99. The van der Waals surface area contributed by atoms with Crippen LogP contribution in [0.4, 0.5) is 0 Å². The molecule has 2 heteroatoms. The minimum absolute atomic E-state index is 0.0500. The molecule has 11 rings (SSSR count). The van der Waals surface area contributed by atoms with Gasteiger partial charge in [0, 0.05) is 22.4 Å². The standard InChI is InChI=1S/C55H48N2/c1-54(2)47-22-14-20-42(52(47)45-34-49-44(33-48(45)54)43-19-10-11-21-46(43)55(49)31-12-5-13-32-55)38-27-23-36(24-28-38)37-25-29-40(30-26-37)51-35-50(39-15-6-3-7-16-39)56-53(57-51)41-17-8-4-9-18-41/h3-4,6-11,14-27,29-30,33-35,38,53,57H,5,12-13,28,31-32H2,1-2H3. The van der Waals surface area contributed by atoms with Crippen LogP contribution in [0.1, 0.15) is 115 Å². The van der Waals surface area contributed by atoms with Crippen molar-refractivity contribution in [2.24, 2.45) is 4.99 Å². The third-order valence-corrected chi connectivity index (χ3v) is 13.9. The molecule has 1 heterocycles. The zero-order valence-corrected chi connectivity index (χ0v) is 32.9. The van der Waals surface area contributed by atoms with Gasteiger partial charge in [0.1, 0.15) is 6.17 Å². The fourth-order valence-electron chi connectivity index (χ4n) is 10.9. The van der Waals surface area contributed by atoms with E-state index in [9.17, 15) is 0 Å². The third kappa shape index (κ3) is 5.48. The topological polar surface area (TPSA) is 24.4 Å². The first kappa shape index (κ1) is 34.3. The summed E-state index contributed by atoms with van der Waals surface area (Å²) in [7, 11) is 0. The van der Waals surface area contributed by atoms with Crippen LogP contribution in [-0.2, 0) is 10.8 Å². The van der Waals surface area contributed by atoms with Crippen molar-refractivity contribution >= 4 is 17.0 Å². The van der Waals surface area contributed by atoms with Crippen LogP contribution in [-0.4, -0.2) is 5.71 Å². The van der Waals surface area contributed by atoms with Gasteiger partial charge in [0.15, 0.2) is 0 Å². The highest BCUT2D eigenvalue weighted by Crippen LogP contribution is 2.60. The van der Waals surface area contributed by atoms with Crippen molar-refractivity contribution in [3.05, 3.63) is 214 Å². The van der Waals surface area contributed by atoms with Gasteiger partial charge in [0.2, 0.25) is 0 Å². The number of nitrogens with zero attached hydrogens (tertiary/aromatic N) is 1. The van der Waals surface area contributed by atoms with Crippen LogP contribution in [0.25, 0.3) is 33.5 Å². The molecule has 0 radical (unpaired) electrons. The minimum atomic E-state index is -0.149. The molecule has 1 fully saturated rings. The zero-order chi connectivity index (χ0) is 38.1. The summed E-state index contributed by atoms with van der Waals surface area (Å²) in [5.74, 6) is 0.334. The monoisotopic (exact) mass is 736 g/mol. The molecule has 2 nitrogen and oxygen atoms in total. The lowest BCUT2D eigenvalue weighted by molar-refractivity contribution is 0.353. The highest BCUT2D eigenvalue weighted by atomic mass is 15.1. The van der Waals surface area contributed by atoms with E-state index in [1.165, 1.54) is 82.2 Å². The maximum Gasteiger partial charge on any atom is 0.145 e. The van der Waals surface area contributed by atoms with E-state index in [1.54, 1.807) is 11.1 Å². The first-order chi connectivity index (χ1) is 28.0. The van der Waals surface area contributed by atoms with Gasteiger partial charge in [0.25, 0.3) is 0 Å². The second kappa shape index (κ2) is 13.3. The molecule has 1 spiro atoms. The maximum atomic E-state index is 5.12. The maximum absolute atomic E-state index is 5.12. The van der Waals surface area contributed by atoms with E-state index in [4.69, 9.17) is 4.99 Å². The fourth-order valence-corrected chi connectivity index (χ4v) is 10.9. The molecule has 0 aromatic heterocycles. The smallest absolute Gasteiger partial charge is 0.145 e. The van der Waals surface area contributed by atoms with Gasteiger partial charge in [0.05, 0.1) is 5.71 Å². The van der Waals surface area contributed by atoms with Crippen molar-refractivity contribution in [1.29, 1.82) is 0 Å². The number of hydrogen-bond acceptors (Lipinski definition) is 2. The quantitative estimate of drug-likeness (QED) is 0.187. The van der Waals surface area contributed by atoms with Crippen molar-refractivity contribution < 1.29 is 0 Å². The molecule has 0 saturated heterocycles. The minimum Gasteiger partial charge on any atom is -0.360 e. The van der Waals surface area contributed by atoms with Crippen molar-refractivity contribution in [3.63, 3.8) is 0 Å². The zero-order valence-electron chi connectivity index (χ0n) is 32.9. The van der Waals surface area contributed by atoms with Crippen molar-refractivity contribution in [3.8, 4) is 22.3 Å². The molecule has 1 saturated carbocycles. The van der Waals surface area contributed by atoms with Gasteiger partial charge >= 0.3 is 0 Å². The Morgan fingerprint density at radius 3 is 2.07 bits per heavy atom. The highest BCUT2D eigenvalue weighted by molar-refractivity contribution is 6.13. The Bertz CT molecular complexity index is 2670. The summed E-state index contributed by atoms with van der Waals surface area (Å²) in [5, 5.41) is 3.72. The van der Waals surface area contributed by atoms with Crippen LogP contribution in [0.3, 0.4) is 0 Å². The van der Waals surface area contributed by atoms with Gasteiger partial charge < -0.3 is 5.32 Å². The summed E-state index contributed by atoms with van der Waals surface area (Å²) in [5.41, 5.74) is 21.7. The highest BCUT2D eigenvalue weighted by Gasteiger charge is 2.46. The van der Waals surface area contributed by atoms with Gasteiger partial charge in [-0.1, -0.05) is 179 Å². The fraction of sp³-hybridized carbons (Fsp3) is 0.218. The third-order valence-electron chi connectivity index (χ3n) is 13.9. The summed E-state index contributed by atoms with van der Waals surface area (Å²) in [6.45, 7) is 4.89. The number of rotatable bonds is 5. The SMILES string of the molecule is CC1(C)c2cc3c(cc2-c2c(C4C=CC(c5ccc(C6=CC(c7ccccc7)=NC(c7ccccc7)N6)cc5)=CC4)cccc21)C1(CCCCC1)c1ccccc1-3. The summed E-state index contributed by atoms with van der Waals surface area (Å²) < 4.78 is 0. The first-order valence-corrected chi connectivity index (χ1v) is 21.1. The van der Waals surface area contributed by atoms with E-state index in [1.807, 2.05) is 0 Å². The number of aliphatic imine (C=N–C) groups is 1. The molecule has 4 aliphatic carbocycles. The molecule has 278 valence electrons. The lowest BCUT2D eigenvalue weighted by Gasteiger charge is -2.36. The number of nitrogens with one attached hydrogen (secondary N) is 1. The van der Waals surface area contributed by atoms with E-state index in [0.29, 0.717) is 5.92 Å². The molecule has 0 bridgehead atoms. The Balaban J connectivity index is 0.893. The van der Waals surface area contributed by atoms with Gasteiger partial charge in [-0.25, -0.2) is 0 Å². The predicted molar refractivity (Wildman–Crippen MR) is 237 cm³/mol. The molecule has 0 amide bonds. The predicted octanol–water partition coefficient (Wildman–Crippen LogP) is 13.5. The Morgan fingerprint density at radius 1 is 0.596 bits per heavy atom. The normalized spacial score (nSPS) is 20.7. The Kier molecular flexibility index (Phi) is 8.00. The molecule has 6 aromatic carbocycles. The van der Waals surface area contributed by atoms with Crippen molar-refractivity contribution in [1.82, 2.24) is 5.32 Å². The van der Waals surface area contributed by atoms with Crippen LogP contribution in [0, 0.1) is 0 Å². The molecule has 6 aromatic rings. The summed E-state index contributed by atoms with van der Waals surface area (Å²) in [4.78, 5) is 5.12. The molecular formula is C55H48N2. The van der Waals surface area contributed by atoms with Crippen molar-refractivity contribution in [2.45, 2.75) is 75.3 Å². The average molecular weight is 737 g/mol. The molecule has 2 atom stereocenters. The summed E-state index contributed by atoms with van der Waals surface area (Å²) >= 11 is 0. The lowest BCUT2D eigenvalue weighted by atomic mass is 9.67. The van der Waals surface area contributed by atoms with Gasteiger partial charge in [-0.3, -0.25) is 4.99 Å². The lowest BCUT2D eigenvalue weighted by Crippen LogP contribution is -2.28. The summed E-state index contributed by atoms with van der Waals surface area (Å²) in [6, 6.07) is 51.8. The van der Waals surface area contributed by atoms with E-state index >= 15 is 0 Å². The van der Waals surface area contributed by atoms with Crippen LogP contribution in [0.5, 0.6) is 0 Å². The largest absolute Gasteiger partial charge is 0.360 e. The second-order valence-corrected chi connectivity index (χ2v) is 17.4. The summed E-state index contributed by atoms with van der Waals surface area (Å²) in [6.07, 6.45) is 16.8. The molecule has 57 heavy (non-hydrogen) atoms. The van der Waals surface area contributed by atoms with E-state index in [-0.39, 0.29) is 17.0 Å². The van der Waals surface area contributed by atoms with E-state index in [0.717, 1.165) is 34.5 Å². The van der Waals surface area contributed by atoms with Crippen LogP contribution in [0.2, 0.25) is 0 Å². The number of benzene rings is 6. The Labute approximate surface area is 337 Å². The second-order valence-electron chi connectivity index (χ2n) is 17.4. The van der Waals surface area contributed by atoms with Crippen LogP contribution >= 0.6 is 0 Å². The van der Waals surface area contributed by atoms with Gasteiger partial charge in [-0.05, 0) is 115 Å². The van der Waals surface area contributed by atoms with Gasteiger partial charge in [-0.15, -0.1) is 0 Å². The average Bonchev–Trinajstić information content (AvgIpc) is 3.67. The molecular weight excluding hydrogens is 689 g/mol. The van der Waals surface area contributed by atoms with Crippen LogP contribution in [0.15, 0.2) is 169 Å². The first-order valence-electron chi connectivity index (χ1n) is 21.1.